The predicted molar refractivity (Wildman–Crippen MR) is 140 cm³/mol. The molecule has 0 amide bonds. The SMILES string of the molecule is CN1C[CH-][C@@H](F)[C@H](Oc2cc(-c3cnn(C)c3)cc3ncnc(Nc4ccc5ncsc5c4F)c23)CC1.[Lr]. The first-order valence-electron chi connectivity index (χ1n) is 11.9. The Hall–Kier alpha value is -4.70. The molecule has 3 aromatic heterocycles. The van der Waals surface area contributed by atoms with E-state index in [-0.39, 0.29) is 5.69 Å². The van der Waals surface area contributed by atoms with Gasteiger partial charge < -0.3 is 15.0 Å². The fourth-order valence-corrected chi connectivity index (χ4v) is 5.24. The van der Waals surface area contributed by atoms with Crippen molar-refractivity contribution in [3.8, 4) is 16.9 Å². The zero-order chi connectivity index (χ0) is 25.5. The summed E-state index contributed by atoms with van der Waals surface area (Å²) in [7, 11) is 3.79. The Morgan fingerprint density at radius 1 is 1.13 bits per heavy atom. The van der Waals surface area contributed by atoms with Gasteiger partial charge in [0.05, 0.1) is 38.5 Å². The number of benzene rings is 2. The van der Waals surface area contributed by atoms with Crippen LogP contribution in [0.5, 0.6) is 5.75 Å². The molecule has 6 rings (SSSR count). The van der Waals surface area contributed by atoms with Crippen LogP contribution in [0.1, 0.15) is 6.42 Å². The summed E-state index contributed by atoms with van der Waals surface area (Å²) in [5.74, 6) is 0.376. The van der Waals surface area contributed by atoms with Gasteiger partial charge >= 0.3 is 0 Å². The van der Waals surface area contributed by atoms with Crippen LogP contribution in [0.3, 0.4) is 0 Å². The molecule has 0 unspecified atom stereocenters. The van der Waals surface area contributed by atoms with Crippen molar-refractivity contribution < 1.29 is 13.5 Å². The van der Waals surface area contributed by atoms with E-state index in [1.807, 2.05) is 32.4 Å². The second-order valence-corrected chi connectivity index (χ2v) is 9.99. The van der Waals surface area contributed by atoms with Crippen LogP contribution in [0.2, 0.25) is 0 Å². The monoisotopic (exact) mass is 782 g/mol. The first-order valence-corrected chi connectivity index (χ1v) is 12.7. The van der Waals surface area contributed by atoms with Crippen molar-refractivity contribution in [1.29, 1.82) is 0 Å². The van der Waals surface area contributed by atoms with E-state index in [9.17, 15) is 0 Å². The molecular formula is C26H24F2LrN7OS-. The summed E-state index contributed by atoms with van der Waals surface area (Å²) in [6.45, 7) is 1.25. The van der Waals surface area contributed by atoms with Gasteiger partial charge in [0.2, 0.25) is 0 Å². The Kier molecular flexibility index (Phi) is 6.56. The van der Waals surface area contributed by atoms with Crippen LogP contribution in [0, 0.1) is 12.2 Å². The minimum absolute atomic E-state index is 0. The van der Waals surface area contributed by atoms with Gasteiger partial charge in [-0.1, -0.05) is 0 Å². The van der Waals surface area contributed by atoms with Crippen molar-refractivity contribution in [3.63, 3.8) is 0 Å². The van der Waals surface area contributed by atoms with Crippen molar-refractivity contribution in [1.82, 2.24) is 29.6 Å². The number of aryl methyl sites for hydroxylation is 1. The molecule has 1 N–H and O–H groups in total. The topological polar surface area (TPSA) is 81.0 Å². The minimum atomic E-state index is -1.24. The fraction of sp³-hybridized carbons (Fsp3) is 0.269. The van der Waals surface area contributed by atoms with Crippen LogP contribution in [-0.2, 0) is 7.05 Å². The number of fused-ring (bicyclic) bond motifs is 2. The van der Waals surface area contributed by atoms with Gasteiger partial charge in [0.25, 0.3) is 0 Å². The van der Waals surface area contributed by atoms with Crippen molar-refractivity contribution >= 4 is 44.0 Å². The molecule has 4 heterocycles. The normalized spacial score (nSPS) is 18.3. The average Bonchev–Trinajstić information content (AvgIpc) is 3.52. The summed E-state index contributed by atoms with van der Waals surface area (Å²) < 4.78 is 38.9. The number of hydrogen-bond acceptors (Lipinski definition) is 8. The van der Waals surface area contributed by atoms with Crippen LogP contribution in [0.4, 0.5) is 20.3 Å². The smallest absolute Gasteiger partial charge is 0.166 e. The van der Waals surface area contributed by atoms with Gasteiger partial charge in [0, 0.05) is 25.0 Å². The first kappa shape index (κ1) is 25.0. The van der Waals surface area contributed by atoms with Crippen LogP contribution in [0.15, 0.2) is 48.5 Å². The quantitative estimate of drug-likeness (QED) is 0.248. The van der Waals surface area contributed by atoms with Crippen molar-refractivity contribution in [2.45, 2.75) is 18.7 Å². The van der Waals surface area contributed by atoms with E-state index in [2.05, 4.69) is 30.3 Å². The molecule has 12 heteroatoms. The number of hydrogen-bond donors (Lipinski definition) is 1. The van der Waals surface area contributed by atoms with Crippen LogP contribution >= 0.6 is 11.3 Å². The zero-order valence-electron chi connectivity index (χ0n) is 20.5. The van der Waals surface area contributed by atoms with E-state index in [0.717, 1.165) is 11.1 Å². The molecule has 8 nitrogen and oxygen atoms in total. The number of halogens is 2. The average molecular weight is 783 g/mol. The van der Waals surface area contributed by atoms with E-state index < -0.39 is 18.1 Å². The summed E-state index contributed by atoms with van der Waals surface area (Å²) in [6.07, 6.45) is 5.26. The molecule has 1 aliphatic rings. The number of alkyl halides is 1. The van der Waals surface area contributed by atoms with E-state index in [0.29, 0.717) is 52.2 Å². The number of anilines is 2. The van der Waals surface area contributed by atoms with Crippen molar-refractivity contribution in [2.75, 3.05) is 25.5 Å². The summed E-state index contributed by atoms with van der Waals surface area (Å²) in [5, 5.41) is 7.93. The van der Waals surface area contributed by atoms with Crippen molar-refractivity contribution in [2.24, 2.45) is 7.05 Å². The third kappa shape index (κ3) is 4.57. The molecule has 1 aliphatic heterocycles. The summed E-state index contributed by atoms with van der Waals surface area (Å²) in [6, 6.07) is 7.13. The molecule has 0 saturated carbocycles. The number of likely N-dealkylation sites (tertiary alicyclic amines) is 1. The van der Waals surface area contributed by atoms with Gasteiger partial charge in [-0.3, -0.25) is 15.5 Å². The molecule has 0 aliphatic carbocycles. The Morgan fingerprint density at radius 3 is 2.82 bits per heavy atom. The molecule has 1 fully saturated rings. The Balaban J connectivity index is 0.00000294. The molecule has 1 radical (unpaired) electrons. The second-order valence-electron chi connectivity index (χ2n) is 9.13. The third-order valence-electron chi connectivity index (χ3n) is 6.50. The molecule has 0 bridgehead atoms. The van der Waals surface area contributed by atoms with E-state index in [1.165, 1.54) is 17.7 Å². The number of ether oxygens (including phenoxy) is 1. The Labute approximate surface area is 215 Å². The van der Waals surface area contributed by atoms with E-state index >= 15 is 8.78 Å². The predicted octanol–water partition coefficient (Wildman–Crippen LogP) is 5.15. The molecule has 38 heavy (non-hydrogen) atoms. The van der Waals surface area contributed by atoms with E-state index in [4.69, 9.17) is 4.74 Å². The second kappa shape index (κ2) is 9.98. The zero-order valence-corrected chi connectivity index (χ0v) is 23.5. The molecule has 2 aromatic carbocycles. The fourth-order valence-electron chi connectivity index (χ4n) is 4.52. The molecule has 0 spiro atoms. The van der Waals surface area contributed by atoms with E-state index in [1.54, 1.807) is 34.9 Å². The number of aromatic nitrogens is 5. The largest absolute Gasteiger partial charge is 0.489 e. The van der Waals surface area contributed by atoms with Gasteiger partial charge in [-0.2, -0.15) is 5.10 Å². The minimum Gasteiger partial charge on any atom is -0.489 e. The Morgan fingerprint density at radius 2 is 2.00 bits per heavy atom. The molecule has 5 aromatic rings. The number of nitrogens with one attached hydrogen (secondary N) is 1. The number of thiazole rings is 1. The van der Waals surface area contributed by atoms with Crippen LogP contribution in [-0.4, -0.2) is 62.0 Å². The summed E-state index contributed by atoms with van der Waals surface area (Å²) >= 11 is 1.23. The van der Waals surface area contributed by atoms with Crippen LogP contribution in [0.25, 0.3) is 32.2 Å². The van der Waals surface area contributed by atoms with Gasteiger partial charge in [-0.15, -0.1) is 17.9 Å². The van der Waals surface area contributed by atoms with Crippen LogP contribution < -0.4 is 10.1 Å². The number of rotatable bonds is 5. The molecule has 205 valence electrons. The van der Waals surface area contributed by atoms with Crippen molar-refractivity contribution in [3.05, 3.63) is 60.7 Å². The van der Waals surface area contributed by atoms with Gasteiger partial charge in [-0.05, 0) is 49.8 Å². The summed E-state index contributed by atoms with van der Waals surface area (Å²) in [5.41, 5.74) is 4.73. The third-order valence-corrected chi connectivity index (χ3v) is 7.34. The maximum atomic E-state index is 15.2. The van der Waals surface area contributed by atoms with Gasteiger partial charge in [0.15, 0.2) is 5.82 Å². The molecular weight excluding hydrogens is 758 g/mol. The number of nitrogens with zero attached hydrogens (tertiary/aromatic N) is 6. The summed E-state index contributed by atoms with van der Waals surface area (Å²) in [4.78, 5) is 15.1. The molecule has 2 atom stereocenters. The standard InChI is InChI=1S/C26H24F2N7OS.Lr/c1-34-7-5-17(27)21(6-8-34)36-22-10-15(16-11-32-35(2)12-16)9-20-23(22)26(30-13-29-20)33-18-3-4-19-25(24(18)28)37-14-31-19;/h3-5,9-14,17,21H,6-8H2,1-2H3,(H,29,30,33);/q-1;/t17-,21-;/m1./s1. The molecule has 1 saturated heterocycles. The first-order chi connectivity index (χ1) is 18.0. The van der Waals surface area contributed by atoms with Gasteiger partial charge in [-0.25, -0.2) is 19.3 Å². The maximum Gasteiger partial charge on any atom is 0.166 e. The Bertz CT molecular complexity index is 1590. The maximum absolute atomic E-state index is 15.2. The van der Waals surface area contributed by atoms with Gasteiger partial charge in [0.1, 0.15) is 24.0 Å².